The Balaban J connectivity index is 1.35. The third-order valence-corrected chi connectivity index (χ3v) is 13.8. The van der Waals surface area contributed by atoms with E-state index in [4.69, 9.17) is 37.8 Å². The Labute approximate surface area is 344 Å². The number of rotatable bonds is 13. The minimum atomic E-state index is -1.31. The summed E-state index contributed by atoms with van der Waals surface area (Å²) in [6, 6.07) is 13.8. The van der Waals surface area contributed by atoms with Crippen LogP contribution in [0.2, 0.25) is 35.7 Å². The first-order valence-electron chi connectivity index (χ1n) is 19.5. The quantitative estimate of drug-likeness (QED) is 0.0918. The Morgan fingerprint density at radius 3 is 2.35 bits per heavy atom. The summed E-state index contributed by atoms with van der Waals surface area (Å²) in [6.45, 7) is 18.7. The van der Waals surface area contributed by atoms with Gasteiger partial charge in [-0.2, -0.15) is 5.10 Å². The summed E-state index contributed by atoms with van der Waals surface area (Å²) < 4.78 is 18.4. The van der Waals surface area contributed by atoms with E-state index >= 15 is 4.79 Å². The van der Waals surface area contributed by atoms with Gasteiger partial charge in [0.05, 0.1) is 39.6 Å². The minimum Gasteiger partial charge on any atom is -0.494 e. The third-order valence-electron chi connectivity index (χ3n) is 11.2. The highest BCUT2D eigenvalue weighted by molar-refractivity contribution is 6.76. The van der Waals surface area contributed by atoms with Crippen molar-refractivity contribution in [3.63, 3.8) is 0 Å². The molecule has 0 radical (unpaired) electrons. The Hall–Kier alpha value is -4.55. The molecular weight excluding hydrogens is 778 g/mol. The molecule has 4 heterocycles. The van der Waals surface area contributed by atoms with Crippen LogP contribution < -0.4 is 9.64 Å². The summed E-state index contributed by atoms with van der Waals surface area (Å²) in [6.07, 6.45) is 3.15. The van der Waals surface area contributed by atoms with Crippen molar-refractivity contribution in [3.05, 3.63) is 98.0 Å². The Morgan fingerprint density at radius 2 is 1.70 bits per heavy atom. The zero-order chi connectivity index (χ0) is 41.1. The largest absolute Gasteiger partial charge is 0.494 e. The van der Waals surface area contributed by atoms with Gasteiger partial charge in [0.1, 0.15) is 18.2 Å². The van der Waals surface area contributed by atoms with Crippen molar-refractivity contribution >= 4 is 70.6 Å². The maximum atomic E-state index is 15.3. The fraction of sp³-hybridized carbons (Fsp3) is 0.386. The van der Waals surface area contributed by atoms with Crippen LogP contribution in [0, 0.1) is 27.7 Å². The van der Waals surface area contributed by atoms with Crippen LogP contribution in [0.4, 0.5) is 5.69 Å². The molecule has 1 atom stereocenters. The minimum absolute atomic E-state index is 0.154. The average molecular weight is 829 g/mol. The van der Waals surface area contributed by atoms with Crippen LogP contribution in [0.25, 0.3) is 32.9 Å². The first-order chi connectivity index (χ1) is 27.0. The van der Waals surface area contributed by atoms with Gasteiger partial charge in [-0.15, -0.1) is 0 Å². The van der Waals surface area contributed by atoms with Crippen molar-refractivity contribution in [2.75, 3.05) is 24.7 Å². The van der Waals surface area contributed by atoms with Crippen molar-refractivity contribution < 1.29 is 24.2 Å². The first-order valence-corrected chi connectivity index (χ1v) is 23.9. The monoisotopic (exact) mass is 827 g/mol. The maximum Gasteiger partial charge on any atom is 0.335 e. The van der Waals surface area contributed by atoms with E-state index < -0.39 is 14.0 Å². The van der Waals surface area contributed by atoms with Crippen molar-refractivity contribution in [2.45, 2.75) is 85.9 Å². The van der Waals surface area contributed by atoms with Gasteiger partial charge < -0.3 is 28.6 Å². The van der Waals surface area contributed by atoms with Crippen LogP contribution >= 0.6 is 23.2 Å². The molecule has 6 aromatic rings. The summed E-state index contributed by atoms with van der Waals surface area (Å²) in [5, 5.41) is 17.7. The van der Waals surface area contributed by atoms with Crippen LogP contribution in [0.5, 0.6) is 5.75 Å². The van der Waals surface area contributed by atoms with Crippen LogP contribution in [-0.4, -0.2) is 63.7 Å². The van der Waals surface area contributed by atoms with Gasteiger partial charge in [-0.3, -0.25) is 9.48 Å². The zero-order valence-corrected chi connectivity index (χ0v) is 36.7. The summed E-state index contributed by atoms with van der Waals surface area (Å²) in [4.78, 5) is 29.3. The van der Waals surface area contributed by atoms with Gasteiger partial charge >= 0.3 is 5.97 Å². The van der Waals surface area contributed by atoms with Crippen LogP contribution in [0.15, 0.2) is 48.7 Å². The van der Waals surface area contributed by atoms with Crippen LogP contribution in [0.3, 0.4) is 0 Å². The zero-order valence-electron chi connectivity index (χ0n) is 34.2. The van der Waals surface area contributed by atoms with Crippen LogP contribution in [-0.2, 0) is 24.9 Å². The second-order valence-corrected chi connectivity index (χ2v) is 23.0. The number of halogens is 2. The number of carboxylic acids is 1. The molecule has 3 aromatic carbocycles. The number of amides is 1. The van der Waals surface area contributed by atoms with Gasteiger partial charge in [-0.25, -0.2) is 4.79 Å². The number of carboxylic acid groups (broad SMARTS) is 1. The lowest BCUT2D eigenvalue weighted by Crippen LogP contribution is -2.42. The molecule has 0 spiro atoms. The maximum absolute atomic E-state index is 15.3. The predicted molar refractivity (Wildman–Crippen MR) is 233 cm³/mol. The molecule has 10 nitrogen and oxygen atoms in total. The van der Waals surface area contributed by atoms with Gasteiger partial charge in [-0.1, -0.05) is 48.9 Å². The predicted octanol–water partition coefficient (Wildman–Crippen LogP) is 10.8. The number of aromatic nitrogens is 4. The molecule has 0 saturated heterocycles. The molecule has 0 aliphatic carbocycles. The highest BCUT2D eigenvalue weighted by atomic mass is 35.5. The van der Waals surface area contributed by atoms with Gasteiger partial charge in [0, 0.05) is 73.1 Å². The van der Waals surface area contributed by atoms with Gasteiger partial charge in [0.2, 0.25) is 0 Å². The summed E-state index contributed by atoms with van der Waals surface area (Å²) in [5.74, 6) is -0.434. The molecule has 1 aliphatic rings. The van der Waals surface area contributed by atoms with E-state index in [0.717, 1.165) is 72.4 Å². The standard InChI is InChI=1S/C44H51Cl2N5O5Si/c1-25-19-31(20-26(2)40(25)46)56-16-10-11-32-33-13-14-35(45)39(38-28(4)47-48(6)29(38)5)41(33)51-27(3)22-50(43(52)42(32)51)37-23-49(24-55-17-18-57(7,8)9)36-15-12-30(44(53)54)21-34(36)37/h12-15,19-21,23,27H,10-11,16-18,22,24H2,1-9H3,(H,53,54). The Kier molecular flexibility index (Phi) is 11.2. The van der Waals surface area contributed by atoms with Gasteiger partial charge in [0.25, 0.3) is 5.91 Å². The fourth-order valence-electron chi connectivity index (χ4n) is 8.21. The average Bonchev–Trinajstić information content (AvgIpc) is 3.76. The number of hydrogen-bond donors (Lipinski definition) is 1. The number of anilines is 1. The summed E-state index contributed by atoms with van der Waals surface area (Å²) in [7, 11) is 0.614. The normalized spacial score (nSPS) is 14.6. The molecule has 0 bridgehead atoms. The van der Waals surface area contributed by atoms with E-state index in [9.17, 15) is 9.90 Å². The molecule has 1 amide bonds. The smallest absolute Gasteiger partial charge is 0.335 e. The molecular formula is C44H51Cl2N5O5Si. The summed E-state index contributed by atoms with van der Waals surface area (Å²) in [5.41, 5.74) is 9.58. The molecule has 0 fully saturated rings. The lowest BCUT2D eigenvalue weighted by molar-refractivity contribution is 0.0696. The number of benzene rings is 3. The second kappa shape index (κ2) is 15.7. The number of nitrogens with zero attached hydrogens (tertiary/aromatic N) is 5. The Bertz CT molecular complexity index is 2540. The van der Waals surface area contributed by atoms with E-state index in [1.54, 1.807) is 18.2 Å². The van der Waals surface area contributed by atoms with E-state index in [1.165, 1.54) is 0 Å². The van der Waals surface area contributed by atoms with Crippen molar-refractivity contribution in [3.8, 4) is 16.9 Å². The van der Waals surface area contributed by atoms with Crippen molar-refractivity contribution in [2.24, 2.45) is 7.05 Å². The molecule has 3 aromatic heterocycles. The fourth-order valence-corrected chi connectivity index (χ4v) is 9.32. The molecule has 1 N–H and O–H groups in total. The number of aryl methyl sites for hydroxylation is 5. The number of carbonyl (C=O) groups excluding carboxylic acids is 1. The molecule has 13 heteroatoms. The molecule has 1 aliphatic heterocycles. The number of hydrogen-bond acceptors (Lipinski definition) is 5. The van der Waals surface area contributed by atoms with E-state index in [-0.39, 0.29) is 24.2 Å². The summed E-state index contributed by atoms with van der Waals surface area (Å²) >= 11 is 13.6. The van der Waals surface area contributed by atoms with Gasteiger partial charge in [0.15, 0.2) is 0 Å². The Morgan fingerprint density at radius 1 is 0.982 bits per heavy atom. The lowest BCUT2D eigenvalue weighted by atomic mass is 9.98. The van der Waals surface area contributed by atoms with Crippen LogP contribution in [0.1, 0.15) is 68.3 Å². The lowest BCUT2D eigenvalue weighted by Gasteiger charge is -2.34. The number of fused-ring (bicyclic) bond motifs is 4. The second-order valence-electron chi connectivity index (χ2n) is 16.6. The molecule has 0 saturated carbocycles. The van der Waals surface area contributed by atoms with E-state index in [2.05, 4.69) is 31.1 Å². The molecule has 300 valence electrons. The molecule has 57 heavy (non-hydrogen) atoms. The SMILES string of the molecule is Cc1cc(OCCCc2c3n(c4c(-c5c(C)nn(C)c5C)c(Cl)ccc24)C(C)CN(c2cn(COCC[Si](C)(C)C)c4ccc(C(=O)O)cc24)C3=O)cc(C)c1Cl. The van der Waals surface area contributed by atoms with Crippen molar-refractivity contribution in [1.82, 2.24) is 18.9 Å². The van der Waals surface area contributed by atoms with Crippen molar-refractivity contribution in [1.29, 1.82) is 0 Å². The number of ether oxygens (including phenoxy) is 2. The number of carbonyl (C=O) groups is 2. The van der Waals surface area contributed by atoms with E-state index in [1.807, 2.05) is 79.4 Å². The highest BCUT2D eigenvalue weighted by Crippen LogP contribution is 2.46. The molecule has 1 unspecified atom stereocenters. The van der Waals surface area contributed by atoms with Gasteiger partial charge in [-0.05, 0) is 107 Å². The van der Waals surface area contributed by atoms with E-state index in [0.29, 0.717) is 54.4 Å². The highest BCUT2D eigenvalue weighted by Gasteiger charge is 2.38. The molecule has 7 rings (SSSR count). The first kappa shape index (κ1) is 40.6. The topological polar surface area (TPSA) is 104 Å². The third kappa shape index (κ3) is 7.62. The number of aromatic carboxylic acids is 1.